The van der Waals surface area contributed by atoms with E-state index in [1.807, 2.05) is 73.3 Å². The highest BCUT2D eigenvalue weighted by atomic mass is 16.5. The van der Waals surface area contributed by atoms with Crippen LogP contribution in [0.2, 0.25) is 0 Å². The van der Waals surface area contributed by atoms with Crippen LogP contribution in [-0.4, -0.2) is 53.5 Å². The zero-order valence-electron chi connectivity index (χ0n) is 24.3. The number of rotatable bonds is 11. The van der Waals surface area contributed by atoms with Gasteiger partial charge in [0, 0.05) is 17.7 Å². The van der Waals surface area contributed by atoms with E-state index in [0.29, 0.717) is 48.0 Å². The van der Waals surface area contributed by atoms with Crippen molar-refractivity contribution in [2.75, 3.05) is 27.4 Å². The van der Waals surface area contributed by atoms with Crippen LogP contribution in [0.5, 0.6) is 23.0 Å². The van der Waals surface area contributed by atoms with Gasteiger partial charge in [-0.1, -0.05) is 37.6 Å². The number of aryl methyl sites for hydroxylation is 2. The van der Waals surface area contributed by atoms with Crippen molar-refractivity contribution in [2.24, 2.45) is 0 Å². The number of aromatic hydroxyl groups is 1. The normalized spacial score (nSPS) is 14.3. The molecule has 0 fully saturated rings. The summed E-state index contributed by atoms with van der Waals surface area (Å²) in [5.41, 5.74) is 6.06. The highest BCUT2D eigenvalue weighted by Gasteiger charge is 2.42. The van der Waals surface area contributed by atoms with Crippen LogP contribution in [0.4, 0.5) is 0 Å². The predicted octanol–water partition coefficient (Wildman–Crippen LogP) is 6.38. The van der Waals surface area contributed by atoms with E-state index < -0.39 is 6.04 Å². The van der Waals surface area contributed by atoms with Crippen LogP contribution in [0.1, 0.15) is 64.1 Å². The van der Waals surface area contributed by atoms with Gasteiger partial charge in [-0.15, -0.1) is 0 Å². The molecule has 0 radical (unpaired) electrons. The number of hydrogen-bond acceptors (Lipinski definition) is 6. The number of unbranched alkanes of at least 4 members (excludes halogenated alkanes) is 1. The van der Waals surface area contributed by atoms with E-state index in [2.05, 4.69) is 17.1 Å². The first kappa shape index (κ1) is 28.1. The van der Waals surface area contributed by atoms with Gasteiger partial charge < -0.3 is 24.2 Å². The summed E-state index contributed by atoms with van der Waals surface area (Å²) >= 11 is 0. The number of phenolic OH excluding ortho intramolecular Hbond substituents is 1. The van der Waals surface area contributed by atoms with Crippen molar-refractivity contribution < 1.29 is 24.1 Å². The van der Waals surface area contributed by atoms with E-state index in [1.165, 1.54) is 0 Å². The number of amides is 1. The lowest BCUT2D eigenvalue weighted by molar-refractivity contribution is 0.0745. The predicted molar refractivity (Wildman–Crippen MR) is 158 cm³/mol. The van der Waals surface area contributed by atoms with Crippen molar-refractivity contribution >= 4 is 5.91 Å². The SMILES string of the molecule is CCCCOc1ccc(C2c3c(-c4cc(C)cc(C)c4O)n[nH]c3C(=O)N2CCc2ccc(OC)cc2)cc1OC. The Hall–Kier alpha value is -4.46. The van der Waals surface area contributed by atoms with Crippen molar-refractivity contribution in [3.8, 4) is 34.3 Å². The Morgan fingerprint density at radius 2 is 1.78 bits per heavy atom. The number of aromatic amines is 1. The molecule has 0 spiro atoms. The lowest BCUT2D eigenvalue weighted by Gasteiger charge is -2.27. The summed E-state index contributed by atoms with van der Waals surface area (Å²) in [6, 6.07) is 17.1. The van der Waals surface area contributed by atoms with Crippen molar-refractivity contribution in [1.29, 1.82) is 0 Å². The Bertz CT molecular complexity index is 1540. The Morgan fingerprint density at radius 1 is 1.00 bits per heavy atom. The summed E-state index contributed by atoms with van der Waals surface area (Å²) in [4.78, 5) is 15.7. The molecule has 1 amide bonds. The molecule has 1 unspecified atom stereocenters. The fraction of sp³-hybridized carbons (Fsp3) is 0.333. The van der Waals surface area contributed by atoms with E-state index in [4.69, 9.17) is 14.2 Å². The lowest BCUT2D eigenvalue weighted by atomic mass is 9.93. The number of carbonyl (C=O) groups excluding carboxylic acids is 1. The van der Waals surface area contributed by atoms with Crippen LogP contribution in [0.3, 0.4) is 0 Å². The molecule has 4 aromatic rings. The highest BCUT2D eigenvalue weighted by Crippen LogP contribution is 2.46. The average molecular weight is 556 g/mol. The van der Waals surface area contributed by atoms with Gasteiger partial charge in [0.05, 0.1) is 26.9 Å². The summed E-state index contributed by atoms with van der Waals surface area (Å²) in [5.74, 6) is 2.08. The van der Waals surface area contributed by atoms with E-state index in [1.54, 1.807) is 14.2 Å². The first-order chi connectivity index (χ1) is 19.9. The van der Waals surface area contributed by atoms with E-state index in [-0.39, 0.29) is 11.7 Å². The van der Waals surface area contributed by atoms with Crippen LogP contribution in [0.15, 0.2) is 54.6 Å². The van der Waals surface area contributed by atoms with Gasteiger partial charge in [-0.3, -0.25) is 9.89 Å². The first-order valence-electron chi connectivity index (χ1n) is 14.0. The number of nitrogens with zero attached hydrogens (tertiary/aromatic N) is 2. The summed E-state index contributed by atoms with van der Waals surface area (Å²) < 4.78 is 17.0. The van der Waals surface area contributed by atoms with Crippen molar-refractivity contribution in [2.45, 2.75) is 46.1 Å². The van der Waals surface area contributed by atoms with Crippen LogP contribution in [-0.2, 0) is 6.42 Å². The van der Waals surface area contributed by atoms with Gasteiger partial charge >= 0.3 is 0 Å². The molecule has 2 N–H and O–H groups in total. The minimum absolute atomic E-state index is 0.136. The standard InChI is InChI=1S/C33H37N3O5/c1-6-7-16-41-26-13-10-23(19-27(26)40-5)31-28-29(25-18-20(2)17-21(3)32(25)37)34-35-30(28)33(38)36(31)15-14-22-8-11-24(39-4)12-9-22/h8-13,17-19,31,37H,6-7,14-16H2,1-5H3,(H,34,35). The Morgan fingerprint density at radius 3 is 2.49 bits per heavy atom. The summed E-state index contributed by atoms with van der Waals surface area (Å²) in [5, 5.41) is 18.6. The third-order valence-corrected chi connectivity index (χ3v) is 7.62. The number of phenols is 1. The third-order valence-electron chi connectivity index (χ3n) is 7.62. The molecule has 41 heavy (non-hydrogen) atoms. The van der Waals surface area contributed by atoms with Gasteiger partial charge in [-0.05, 0) is 79.3 Å². The lowest BCUT2D eigenvalue weighted by Crippen LogP contribution is -2.31. The molecule has 1 aliphatic heterocycles. The number of H-pyrrole nitrogens is 1. The molecule has 2 heterocycles. The fourth-order valence-electron chi connectivity index (χ4n) is 5.46. The molecule has 3 aromatic carbocycles. The molecule has 8 nitrogen and oxygen atoms in total. The number of nitrogens with one attached hydrogen (secondary N) is 1. The van der Waals surface area contributed by atoms with Gasteiger partial charge in [-0.25, -0.2) is 0 Å². The monoisotopic (exact) mass is 555 g/mol. The molecule has 1 aromatic heterocycles. The summed E-state index contributed by atoms with van der Waals surface area (Å²) in [6.45, 7) is 7.05. The molecule has 1 atom stereocenters. The average Bonchev–Trinajstić information content (AvgIpc) is 3.52. The van der Waals surface area contributed by atoms with E-state index in [9.17, 15) is 9.90 Å². The van der Waals surface area contributed by atoms with Crippen LogP contribution in [0, 0.1) is 13.8 Å². The topological polar surface area (TPSA) is 96.9 Å². The van der Waals surface area contributed by atoms with Crippen LogP contribution < -0.4 is 14.2 Å². The molecule has 0 bridgehead atoms. The molecule has 214 valence electrons. The molecule has 5 rings (SSSR count). The van der Waals surface area contributed by atoms with Crippen molar-refractivity contribution in [3.05, 3.63) is 88.1 Å². The van der Waals surface area contributed by atoms with Gasteiger partial charge in [0.1, 0.15) is 22.9 Å². The van der Waals surface area contributed by atoms with E-state index >= 15 is 0 Å². The summed E-state index contributed by atoms with van der Waals surface area (Å²) in [7, 11) is 3.26. The molecular formula is C33H37N3O5. The number of hydrogen-bond donors (Lipinski definition) is 2. The number of ether oxygens (including phenoxy) is 3. The largest absolute Gasteiger partial charge is 0.507 e. The minimum Gasteiger partial charge on any atom is -0.507 e. The molecule has 0 saturated carbocycles. The van der Waals surface area contributed by atoms with Crippen LogP contribution >= 0.6 is 0 Å². The Balaban J connectivity index is 1.58. The number of fused-ring (bicyclic) bond motifs is 1. The molecular weight excluding hydrogens is 518 g/mol. The minimum atomic E-state index is -0.441. The molecule has 8 heteroatoms. The molecule has 0 aliphatic carbocycles. The second-order valence-corrected chi connectivity index (χ2v) is 10.5. The van der Waals surface area contributed by atoms with Gasteiger partial charge in [0.15, 0.2) is 11.5 Å². The highest BCUT2D eigenvalue weighted by molar-refractivity contribution is 6.00. The fourth-order valence-corrected chi connectivity index (χ4v) is 5.46. The summed E-state index contributed by atoms with van der Waals surface area (Å²) in [6.07, 6.45) is 2.64. The van der Waals surface area contributed by atoms with Gasteiger partial charge in [-0.2, -0.15) is 5.10 Å². The van der Waals surface area contributed by atoms with Crippen LogP contribution in [0.25, 0.3) is 11.3 Å². The van der Waals surface area contributed by atoms with Crippen molar-refractivity contribution in [1.82, 2.24) is 15.1 Å². The Kier molecular flexibility index (Phi) is 8.19. The first-order valence-corrected chi connectivity index (χ1v) is 14.0. The maximum absolute atomic E-state index is 13.9. The number of benzene rings is 3. The zero-order chi connectivity index (χ0) is 29.1. The number of carbonyl (C=O) groups is 1. The smallest absolute Gasteiger partial charge is 0.273 e. The second kappa shape index (κ2) is 12.0. The quantitative estimate of drug-likeness (QED) is 0.208. The maximum Gasteiger partial charge on any atom is 0.273 e. The van der Waals surface area contributed by atoms with E-state index in [0.717, 1.165) is 46.4 Å². The zero-order valence-corrected chi connectivity index (χ0v) is 24.3. The van der Waals surface area contributed by atoms with Gasteiger partial charge in [0.25, 0.3) is 5.91 Å². The number of aromatic nitrogens is 2. The third kappa shape index (κ3) is 5.46. The molecule has 0 saturated heterocycles. The van der Waals surface area contributed by atoms with Gasteiger partial charge in [0.2, 0.25) is 0 Å². The number of methoxy groups -OCH3 is 2. The Labute approximate surface area is 240 Å². The maximum atomic E-state index is 13.9. The second-order valence-electron chi connectivity index (χ2n) is 10.5. The molecule has 1 aliphatic rings. The van der Waals surface area contributed by atoms with Crippen molar-refractivity contribution in [3.63, 3.8) is 0 Å².